The second-order valence-electron chi connectivity index (χ2n) is 4.73. The van der Waals surface area contributed by atoms with Crippen LogP contribution in [0.5, 0.6) is 0 Å². The molecule has 0 saturated heterocycles. The number of hydrogen-bond acceptors (Lipinski definition) is 2. The van der Waals surface area contributed by atoms with Gasteiger partial charge in [-0.2, -0.15) is 0 Å². The van der Waals surface area contributed by atoms with Crippen molar-refractivity contribution < 1.29 is 9.53 Å². The molecule has 2 nitrogen and oxygen atoms in total. The van der Waals surface area contributed by atoms with E-state index in [0.29, 0.717) is 12.5 Å². The number of benzene rings is 1. The first kappa shape index (κ1) is 11.9. The van der Waals surface area contributed by atoms with Crippen LogP contribution in [0, 0.1) is 0 Å². The van der Waals surface area contributed by atoms with Gasteiger partial charge in [0.05, 0.1) is 8.99 Å². The van der Waals surface area contributed by atoms with Crippen LogP contribution in [-0.4, -0.2) is 12.6 Å². The smallest absolute Gasteiger partial charge is 0.338 e. The quantitative estimate of drug-likeness (QED) is 0.447. The molecular weight excluding hydrogens is 315 g/mol. The molecule has 1 aliphatic rings. The number of hydrogen-bond donors (Lipinski definition) is 0. The van der Waals surface area contributed by atoms with Gasteiger partial charge < -0.3 is 4.74 Å². The highest BCUT2D eigenvalue weighted by Gasteiger charge is 2.34. The molecule has 0 aromatic heterocycles. The van der Waals surface area contributed by atoms with Crippen LogP contribution < -0.4 is 0 Å². The minimum atomic E-state index is -0.188. The summed E-state index contributed by atoms with van der Waals surface area (Å²) in [5, 5.41) is 0. The Morgan fingerprint density at radius 3 is 2.75 bits per heavy atom. The lowest BCUT2D eigenvalue weighted by molar-refractivity contribution is 0.0438. The lowest BCUT2D eigenvalue weighted by atomic mass is 9.90. The summed E-state index contributed by atoms with van der Waals surface area (Å²) in [5.41, 5.74) is 3.01. The zero-order chi connectivity index (χ0) is 11.9. The van der Waals surface area contributed by atoms with Crippen molar-refractivity contribution in [1.29, 1.82) is 0 Å². The maximum absolute atomic E-state index is 11.7. The van der Waals surface area contributed by atoms with Crippen molar-refractivity contribution >= 4 is 28.6 Å². The Hall–Kier alpha value is -0.580. The van der Waals surface area contributed by atoms with Gasteiger partial charge in [0.2, 0.25) is 0 Å². The summed E-state index contributed by atoms with van der Waals surface area (Å²) in [4.78, 5) is 11.7. The molecule has 3 heteroatoms. The van der Waals surface area contributed by atoms with E-state index in [2.05, 4.69) is 55.5 Å². The number of cyclic esters (lactones) is 1. The largest absolute Gasteiger partial charge is 0.460 e. The number of rotatable bonds is 1. The van der Waals surface area contributed by atoms with E-state index < -0.39 is 0 Å². The highest BCUT2D eigenvalue weighted by molar-refractivity contribution is 14.1. The van der Waals surface area contributed by atoms with Crippen molar-refractivity contribution in [3.8, 4) is 0 Å². The van der Waals surface area contributed by atoms with Gasteiger partial charge in [-0.15, -0.1) is 0 Å². The second kappa shape index (κ2) is 4.02. The number of carbonyl (C=O) groups excluding carboxylic acids is 1. The molecule has 1 heterocycles. The summed E-state index contributed by atoms with van der Waals surface area (Å²) in [5.74, 6) is 0.243. The van der Waals surface area contributed by atoms with Crippen LogP contribution in [0.1, 0.15) is 48.2 Å². The fourth-order valence-corrected chi connectivity index (χ4v) is 2.53. The Balaban J connectivity index is 2.56. The topological polar surface area (TPSA) is 26.3 Å². The third-order valence-corrected chi connectivity index (χ3v) is 3.86. The van der Waals surface area contributed by atoms with Gasteiger partial charge in [0, 0.05) is 0 Å². The highest BCUT2D eigenvalue weighted by Crippen LogP contribution is 2.38. The van der Waals surface area contributed by atoms with Gasteiger partial charge in [0.25, 0.3) is 0 Å². The van der Waals surface area contributed by atoms with Crippen molar-refractivity contribution in [3.63, 3.8) is 0 Å². The average molecular weight is 330 g/mol. The van der Waals surface area contributed by atoms with Gasteiger partial charge in [-0.25, -0.2) is 4.79 Å². The predicted molar refractivity (Wildman–Crippen MR) is 72.2 cm³/mol. The normalized spacial score (nSPS) is 24.2. The van der Waals surface area contributed by atoms with Crippen LogP contribution in [0.4, 0.5) is 0 Å². The van der Waals surface area contributed by atoms with E-state index in [1.807, 2.05) is 6.07 Å². The first-order chi connectivity index (χ1) is 7.42. The molecule has 0 aliphatic carbocycles. The number of halogens is 1. The van der Waals surface area contributed by atoms with Crippen molar-refractivity contribution in [2.75, 3.05) is 6.61 Å². The molecular formula is C13H15IO2. The van der Waals surface area contributed by atoms with Gasteiger partial charge in [-0.05, 0) is 30.0 Å². The van der Waals surface area contributed by atoms with Crippen LogP contribution in [0.15, 0.2) is 18.2 Å². The van der Waals surface area contributed by atoms with Crippen LogP contribution in [-0.2, 0) is 8.16 Å². The van der Waals surface area contributed by atoms with Crippen LogP contribution in [0.3, 0.4) is 0 Å². The number of alkyl halides is 1. The standard InChI is InChI=1S/C13H15IO2/c1-8(2)9-4-5-11-10(6-9)12(15)16-7-13(11,3)14/h4-6,8H,7H2,1-3H3. The summed E-state index contributed by atoms with van der Waals surface area (Å²) in [6.07, 6.45) is 0. The second-order valence-corrected chi connectivity index (χ2v) is 7.11. The van der Waals surface area contributed by atoms with E-state index >= 15 is 0 Å². The number of fused-ring (bicyclic) bond motifs is 1. The highest BCUT2D eigenvalue weighted by atomic mass is 127. The zero-order valence-corrected chi connectivity index (χ0v) is 11.9. The van der Waals surface area contributed by atoms with Crippen LogP contribution in [0.25, 0.3) is 0 Å². The van der Waals surface area contributed by atoms with Crippen molar-refractivity contribution in [2.45, 2.75) is 30.1 Å². The number of esters is 1. The fraction of sp³-hybridized carbons (Fsp3) is 0.462. The monoisotopic (exact) mass is 330 g/mol. The molecule has 0 fully saturated rings. The fourth-order valence-electron chi connectivity index (χ4n) is 1.90. The first-order valence-electron chi connectivity index (χ1n) is 5.42. The van der Waals surface area contributed by atoms with E-state index in [4.69, 9.17) is 4.74 Å². The molecule has 0 bridgehead atoms. The summed E-state index contributed by atoms with van der Waals surface area (Å²) >= 11 is 2.34. The molecule has 86 valence electrons. The molecule has 0 radical (unpaired) electrons. The molecule has 1 atom stereocenters. The summed E-state index contributed by atoms with van der Waals surface area (Å²) in [6.45, 7) is 6.80. The van der Waals surface area contributed by atoms with E-state index in [9.17, 15) is 4.79 Å². The van der Waals surface area contributed by atoms with Gasteiger partial charge in [0.15, 0.2) is 0 Å². The van der Waals surface area contributed by atoms with Gasteiger partial charge in [0.1, 0.15) is 6.61 Å². The summed E-state index contributed by atoms with van der Waals surface area (Å²) in [6, 6.07) is 6.15. The molecule has 0 amide bonds. The number of ether oxygens (including phenoxy) is 1. The molecule has 1 unspecified atom stereocenters. The summed E-state index contributed by atoms with van der Waals surface area (Å²) in [7, 11) is 0. The Morgan fingerprint density at radius 1 is 1.44 bits per heavy atom. The van der Waals surface area contributed by atoms with Crippen molar-refractivity contribution in [2.24, 2.45) is 0 Å². The molecule has 1 aromatic rings. The van der Waals surface area contributed by atoms with Crippen LogP contribution in [0.2, 0.25) is 0 Å². The zero-order valence-electron chi connectivity index (χ0n) is 9.71. The summed E-state index contributed by atoms with van der Waals surface area (Å²) < 4.78 is 5.11. The Kier molecular flexibility index (Phi) is 2.99. The Bertz CT molecular complexity index is 436. The molecule has 1 aromatic carbocycles. The molecule has 0 N–H and O–H groups in total. The lowest BCUT2D eigenvalue weighted by Crippen LogP contribution is -2.31. The van der Waals surface area contributed by atoms with Gasteiger partial charge in [-0.1, -0.05) is 48.6 Å². The minimum Gasteiger partial charge on any atom is -0.460 e. The van der Waals surface area contributed by atoms with Crippen molar-refractivity contribution in [1.82, 2.24) is 0 Å². The third-order valence-electron chi connectivity index (χ3n) is 2.97. The van der Waals surface area contributed by atoms with Gasteiger partial charge in [-0.3, -0.25) is 0 Å². The minimum absolute atomic E-state index is 0.101. The lowest BCUT2D eigenvalue weighted by Gasteiger charge is -2.30. The Labute approximate surface area is 110 Å². The van der Waals surface area contributed by atoms with E-state index in [0.717, 1.165) is 11.1 Å². The van der Waals surface area contributed by atoms with E-state index in [1.165, 1.54) is 5.56 Å². The maximum Gasteiger partial charge on any atom is 0.338 e. The van der Waals surface area contributed by atoms with Crippen molar-refractivity contribution in [3.05, 3.63) is 34.9 Å². The first-order valence-corrected chi connectivity index (χ1v) is 6.50. The molecule has 2 rings (SSSR count). The number of carbonyl (C=O) groups is 1. The third kappa shape index (κ3) is 1.97. The molecule has 16 heavy (non-hydrogen) atoms. The van der Waals surface area contributed by atoms with Crippen LogP contribution >= 0.6 is 22.6 Å². The SMILES string of the molecule is CC(C)c1ccc2c(c1)C(=O)OCC2(C)I. The molecule has 0 spiro atoms. The van der Waals surface area contributed by atoms with E-state index in [-0.39, 0.29) is 9.39 Å². The predicted octanol–water partition coefficient (Wildman–Crippen LogP) is 3.63. The van der Waals surface area contributed by atoms with Gasteiger partial charge >= 0.3 is 5.97 Å². The molecule has 0 saturated carbocycles. The van der Waals surface area contributed by atoms with E-state index in [1.54, 1.807) is 0 Å². The average Bonchev–Trinajstić information content (AvgIpc) is 2.23. The Morgan fingerprint density at radius 2 is 2.12 bits per heavy atom. The maximum atomic E-state index is 11.7. The molecule has 1 aliphatic heterocycles.